The summed E-state index contributed by atoms with van der Waals surface area (Å²) in [7, 11) is 0. The maximum Gasteiger partial charge on any atom is 0.115 e. The van der Waals surface area contributed by atoms with Crippen LogP contribution in [0, 0.1) is 0 Å². The molecule has 0 heterocycles. The molecule has 2 aromatic carbocycles. The second-order valence-electron chi connectivity index (χ2n) is 4.02. The van der Waals surface area contributed by atoms with Gasteiger partial charge in [-0.3, -0.25) is 0 Å². The van der Waals surface area contributed by atoms with Crippen LogP contribution >= 0.6 is 0 Å². The maximum absolute atomic E-state index is 9.28. The van der Waals surface area contributed by atoms with E-state index in [1.165, 1.54) is 5.56 Å². The number of aromatic hydroxyl groups is 1. The Morgan fingerprint density at radius 2 is 1.59 bits per heavy atom. The molecule has 0 aliphatic heterocycles. The molecule has 2 nitrogen and oxygen atoms in total. The summed E-state index contributed by atoms with van der Waals surface area (Å²) in [5.74, 6) is 0.310. The molecular formula is C15H17NO. The Hall–Kier alpha value is -1.96. The molecule has 0 aliphatic carbocycles. The third-order valence-electron chi connectivity index (χ3n) is 2.81. The molecule has 0 aromatic heterocycles. The predicted molar refractivity (Wildman–Crippen MR) is 71.3 cm³/mol. The molecule has 0 unspecified atom stereocenters. The van der Waals surface area contributed by atoms with Gasteiger partial charge in [-0.15, -0.1) is 0 Å². The minimum Gasteiger partial charge on any atom is -0.508 e. The molecule has 0 atom stereocenters. The number of nitrogens with zero attached hydrogens (tertiary/aromatic N) is 1. The summed E-state index contributed by atoms with van der Waals surface area (Å²) in [5, 5.41) is 9.28. The zero-order chi connectivity index (χ0) is 12.1. The highest BCUT2D eigenvalue weighted by Gasteiger charge is 2.04. The summed E-state index contributed by atoms with van der Waals surface area (Å²) in [5.41, 5.74) is 2.43. The highest BCUT2D eigenvalue weighted by atomic mass is 16.3. The number of hydrogen-bond donors (Lipinski definition) is 1. The molecule has 2 aromatic rings. The lowest BCUT2D eigenvalue weighted by atomic mass is 10.2. The van der Waals surface area contributed by atoms with Crippen LogP contribution in [0.5, 0.6) is 5.75 Å². The molecule has 0 radical (unpaired) electrons. The minimum absolute atomic E-state index is 0.310. The van der Waals surface area contributed by atoms with E-state index in [-0.39, 0.29) is 0 Å². The van der Waals surface area contributed by atoms with E-state index in [4.69, 9.17) is 0 Å². The van der Waals surface area contributed by atoms with Crippen molar-refractivity contribution in [1.29, 1.82) is 0 Å². The van der Waals surface area contributed by atoms with E-state index in [0.29, 0.717) is 5.75 Å². The topological polar surface area (TPSA) is 23.5 Å². The average molecular weight is 227 g/mol. The van der Waals surface area contributed by atoms with Gasteiger partial charge in [-0.25, -0.2) is 0 Å². The molecule has 0 bridgehead atoms. The molecule has 0 fully saturated rings. The molecule has 2 heteroatoms. The Bertz CT molecular complexity index is 450. The minimum atomic E-state index is 0.310. The van der Waals surface area contributed by atoms with E-state index < -0.39 is 0 Å². The first kappa shape index (κ1) is 11.5. The molecule has 0 spiro atoms. The van der Waals surface area contributed by atoms with Gasteiger partial charge in [0.2, 0.25) is 0 Å². The molecule has 17 heavy (non-hydrogen) atoms. The van der Waals surface area contributed by atoms with Crippen molar-refractivity contribution in [2.24, 2.45) is 0 Å². The van der Waals surface area contributed by atoms with Crippen molar-refractivity contribution < 1.29 is 5.11 Å². The number of anilines is 1. The van der Waals surface area contributed by atoms with Gasteiger partial charge in [0.1, 0.15) is 5.75 Å². The normalized spacial score (nSPS) is 10.2. The zero-order valence-corrected chi connectivity index (χ0v) is 10.0. The Balaban J connectivity index is 2.14. The van der Waals surface area contributed by atoms with Gasteiger partial charge in [0, 0.05) is 18.8 Å². The van der Waals surface area contributed by atoms with Crippen molar-refractivity contribution in [3.05, 3.63) is 60.2 Å². The van der Waals surface area contributed by atoms with Crippen LogP contribution in [0.4, 0.5) is 5.69 Å². The lowest BCUT2D eigenvalue weighted by molar-refractivity contribution is 0.475. The molecule has 0 saturated carbocycles. The van der Waals surface area contributed by atoms with Crippen LogP contribution in [0.1, 0.15) is 12.5 Å². The van der Waals surface area contributed by atoms with Gasteiger partial charge in [-0.1, -0.05) is 30.3 Å². The first-order valence-electron chi connectivity index (χ1n) is 5.87. The first-order valence-corrected chi connectivity index (χ1v) is 5.87. The van der Waals surface area contributed by atoms with Crippen LogP contribution in [0.25, 0.3) is 0 Å². The van der Waals surface area contributed by atoms with Crippen LogP contribution in [0.15, 0.2) is 54.6 Å². The standard InChI is InChI=1S/C15H17NO/c1-2-16(12-13-6-4-3-5-7-13)14-8-10-15(17)11-9-14/h3-11,17H,2,12H2,1H3. The summed E-state index contributed by atoms with van der Waals surface area (Å²) < 4.78 is 0. The smallest absolute Gasteiger partial charge is 0.115 e. The Kier molecular flexibility index (Phi) is 3.66. The highest BCUT2D eigenvalue weighted by molar-refractivity contribution is 5.49. The van der Waals surface area contributed by atoms with Gasteiger partial charge >= 0.3 is 0 Å². The lowest BCUT2D eigenvalue weighted by Gasteiger charge is -2.23. The largest absolute Gasteiger partial charge is 0.508 e. The van der Waals surface area contributed by atoms with Crippen molar-refractivity contribution >= 4 is 5.69 Å². The van der Waals surface area contributed by atoms with Gasteiger partial charge < -0.3 is 10.0 Å². The first-order chi connectivity index (χ1) is 8.29. The molecule has 0 amide bonds. The fraction of sp³-hybridized carbons (Fsp3) is 0.200. The Morgan fingerprint density at radius 3 is 2.18 bits per heavy atom. The fourth-order valence-corrected chi connectivity index (χ4v) is 1.85. The van der Waals surface area contributed by atoms with E-state index >= 15 is 0 Å². The number of rotatable bonds is 4. The SMILES string of the molecule is CCN(Cc1ccccc1)c1ccc(O)cc1. The van der Waals surface area contributed by atoms with E-state index in [2.05, 4.69) is 36.1 Å². The molecule has 0 saturated heterocycles. The van der Waals surface area contributed by atoms with E-state index in [1.807, 2.05) is 18.2 Å². The van der Waals surface area contributed by atoms with E-state index in [9.17, 15) is 5.11 Å². The molecular weight excluding hydrogens is 210 g/mol. The zero-order valence-electron chi connectivity index (χ0n) is 10.0. The van der Waals surface area contributed by atoms with Crippen LogP contribution in [-0.4, -0.2) is 11.7 Å². The third-order valence-corrected chi connectivity index (χ3v) is 2.81. The summed E-state index contributed by atoms with van der Waals surface area (Å²) >= 11 is 0. The van der Waals surface area contributed by atoms with Gasteiger partial charge in [0.05, 0.1) is 0 Å². The van der Waals surface area contributed by atoms with Crippen molar-refractivity contribution in [3.8, 4) is 5.75 Å². The van der Waals surface area contributed by atoms with Crippen molar-refractivity contribution in [2.75, 3.05) is 11.4 Å². The monoisotopic (exact) mass is 227 g/mol. The Morgan fingerprint density at radius 1 is 0.941 bits per heavy atom. The van der Waals surface area contributed by atoms with Crippen LogP contribution < -0.4 is 4.90 Å². The van der Waals surface area contributed by atoms with Gasteiger partial charge in [0.15, 0.2) is 0 Å². The van der Waals surface area contributed by atoms with Crippen LogP contribution in [-0.2, 0) is 6.54 Å². The highest BCUT2D eigenvalue weighted by Crippen LogP contribution is 2.20. The van der Waals surface area contributed by atoms with Gasteiger partial charge in [-0.2, -0.15) is 0 Å². The second kappa shape index (κ2) is 5.39. The summed E-state index contributed by atoms with van der Waals surface area (Å²) in [6.07, 6.45) is 0. The molecule has 88 valence electrons. The summed E-state index contributed by atoms with van der Waals surface area (Å²) in [6, 6.07) is 17.7. The molecule has 0 aliphatic rings. The van der Waals surface area contributed by atoms with E-state index in [1.54, 1.807) is 12.1 Å². The quantitative estimate of drug-likeness (QED) is 0.865. The average Bonchev–Trinajstić information content (AvgIpc) is 2.38. The number of phenolic OH excluding ortho intramolecular Hbond substituents is 1. The summed E-state index contributed by atoms with van der Waals surface area (Å²) in [4.78, 5) is 2.27. The Labute approximate surface area is 102 Å². The van der Waals surface area contributed by atoms with Crippen LogP contribution in [0.3, 0.4) is 0 Å². The molecule has 2 rings (SSSR count). The van der Waals surface area contributed by atoms with Gasteiger partial charge in [0.25, 0.3) is 0 Å². The molecule has 1 N–H and O–H groups in total. The summed E-state index contributed by atoms with van der Waals surface area (Å²) in [6.45, 7) is 3.97. The lowest BCUT2D eigenvalue weighted by Crippen LogP contribution is -2.21. The second-order valence-corrected chi connectivity index (χ2v) is 4.02. The maximum atomic E-state index is 9.28. The number of hydrogen-bond acceptors (Lipinski definition) is 2. The van der Waals surface area contributed by atoms with Crippen molar-refractivity contribution in [1.82, 2.24) is 0 Å². The predicted octanol–water partition coefficient (Wildman–Crippen LogP) is 3.42. The van der Waals surface area contributed by atoms with Crippen LogP contribution in [0.2, 0.25) is 0 Å². The third kappa shape index (κ3) is 3.00. The van der Waals surface area contributed by atoms with E-state index in [0.717, 1.165) is 18.8 Å². The van der Waals surface area contributed by atoms with Crippen molar-refractivity contribution in [3.63, 3.8) is 0 Å². The van der Waals surface area contributed by atoms with Gasteiger partial charge in [-0.05, 0) is 36.8 Å². The number of phenols is 1. The fourth-order valence-electron chi connectivity index (χ4n) is 1.85. The number of benzene rings is 2. The van der Waals surface area contributed by atoms with Crippen molar-refractivity contribution in [2.45, 2.75) is 13.5 Å².